The molecule has 3 rings (SSSR count). The molecule has 1 N–H and O–H groups in total. The number of nitro benzene ring substituents is 1. The molecule has 31 heavy (non-hydrogen) atoms. The quantitative estimate of drug-likeness (QED) is 0.561. The molecule has 9 nitrogen and oxygen atoms in total. The van der Waals surface area contributed by atoms with Crippen LogP contribution < -0.4 is 15.0 Å². The second-order valence-electron chi connectivity index (χ2n) is 7.31. The number of methoxy groups -OCH3 is 1. The number of ether oxygens (including phenoxy) is 1. The van der Waals surface area contributed by atoms with Crippen molar-refractivity contribution in [3.63, 3.8) is 0 Å². The van der Waals surface area contributed by atoms with Crippen molar-refractivity contribution in [2.75, 3.05) is 43.5 Å². The molecule has 2 aromatic rings. The monoisotopic (exact) mass is 423 g/mol. The van der Waals surface area contributed by atoms with Crippen LogP contribution in [0.15, 0.2) is 42.5 Å². The van der Waals surface area contributed by atoms with Crippen LogP contribution in [0.3, 0.4) is 0 Å². The van der Waals surface area contributed by atoms with E-state index in [1.54, 1.807) is 6.07 Å². The van der Waals surface area contributed by atoms with Crippen molar-refractivity contribution in [2.24, 2.45) is 0 Å². The molecule has 1 heterocycles. The molecule has 0 saturated carbocycles. The van der Waals surface area contributed by atoms with E-state index in [9.17, 15) is 20.2 Å². The van der Waals surface area contributed by atoms with Crippen LogP contribution >= 0.6 is 0 Å². The molecule has 1 amide bonds. The third kappa shape index (κ3) is 5.10. The molecule has 1 saturated heterocycles. The van der Waals surface area contributed by atoms with Gasteiger partial charge in [-0.2, -0.15) is 5.26 Å². The number of anilines is 2. The lowest BCUT2D eigenvalue weighted by molar-refractivity contribution is -0.384. The number of nitro groups is 1. The van der Waals surface area contributed by atoms with E-state index in [-0.39, 0.29) is 17.3 Å². The number of para-hydroxylation sites is 1. The lowest BCUT2D eigenvalue weighted by Crippen LogP contribution is -2.44. The first-order valence-electron chi connectivity index (χ1n) is 10.1. The SMILES string of the molecule is COc1ccc([N+](=O)[O-])cc1NC(=O)C(C)N1CCCN(c2ccccc2C#N)CC1. The number of non-ortho nitro benzene ring substituents is 1. The van der Waals surface area contributed by atoms with Crippen molar-refractivity contribution in [2.45, 2.75) is 19.4 Å². The number of benzene rings is 2. The minimum atomic E-state index is -0.513. The van der Waals surface area contributed by atoms with E-state index in [0.717, 1.165) is 25.2 Å². The summed E-state index contributed by atoms with van der Waals surface area (Å²) < 4.78 is 5.23. The van der Waals surface area contributed by atoms with Crippen LogP contribution in [0, 0.1) is 21.4 Å². The van der Waals surface area contributed by atoms with Crippen LogP contribution in [0.25, 0.3) is 0 Å². The van der Waals surface area contributed by atoms with Crippen LogP contribution in [-0.4, -0.2) is 55.1 Å². The van der Waals surface area contributed by atoms with Gasteiger partial charge in [0.25, 0.3) is 5.69 Å². The predicted octanol–water partition coefficient (Wildman–Crippen LogP) is 3.01. The predicted molar refractivity (Wildman–Crippen MR) is 117 cm³/mol. The number of nitrogens with one attached hydrogen (secondary N) is 1. The summed E-state index contributed by atoms with van der Waals surface area (Å²) >= 11 is 0. The Hall–Kier alpha value is -3.64. The molecule has 1 aliphatic heterocycles. The van der Waals surface area contributed by atoms with Crippen LogP contribution in [0.2, 0.25) is 0 Å². The van der Waals surface area contributed by atoms with Gasteiger partial charge in [-0.05, 0) is 31.5 Å². The molecule has 0 aromatic heterocycles. The lowest BCUT2D eigenvalue weighted by Gasteiger charge is -2.27. The fraction of sp³-hybridized carbons (Fsp3) is 0.364. The molecular formula is C22H25N5O4. The highest BCUT2D eigenvalue weighted by Crippen LogP contribution is 2.29. The zero-order valence-corrected chi connectivity index (χ0v) is 17.6. The van der Waals surface area contributed by atoms with E-state index >= 15 is 0 Å². The molecule has 1 unspecified atom stereocenters. The minimum Gasteiger partial charge on any atom is -0.495 e. The van der Waals surface area contributed by atoms with Crippen LogP contribution in [0.4, 0.5) is 17.1 Å². The summed E-state index contributed by atoms with van der Waals surface area (Å²) in [5, 5.41) is 23.2. The Bertz CT molecular complexity index is 1000. The second-order valence-corrected chi connectivity index (χ2v) is 7.31. The van der Waals surface area contributed by atoms with E-state index in [1.165, 1.54) is 25.3 Å². The molecule has 162 valence electrons. The van der Waals surface area contributed by atoms with Crippen LogP contribution in [0.1, 0.15) is 18.9 Å². The van der Waals surface area contributed by atoms with Crippen molar-refractivity contribution in [3.8, 4) is 11.8 Å². The topological polar surface area (TPSA) is 112 Å². The molecule has 1 aliphatic rings. The number of carbonyl (C=O) groups is 1. The Morgan fingerprint density at radius 1 is 1.23 bits per heavy atom. The molecule has 1 fully saturated rings. The number of carbonyl (C=O) groups excluding carboxylic acids is 1. The fourth-order valence-corrected chi connectivity index (χ4v) is 3.72. The van der Waals surface area contributed by atoms with Crippen molar-refractivity contribution in [1.82, 2.24) is 4.90 Å². The van der Waals surface area contributed by atoms with Gasteiger partial charge in [0, 0.05) is 38.3 Å². The third-order valence-electron chi connectivity index (χ3n) is 5.47. The molecule has 0 aliphatic carbocycles. The summed E-state index contributed by atoms with van der Waals surface area (Å²) in [6, 6.07) is 13.4. The highest BCUT2D eigenvalue weighted by Gasteiger charge is 2.26. The summed E-state index contributed by atoms with van der Waals surface area (Å²) in [6.45, 7) is 4.68. The Balaban J connectivity index is 1.69. The van der Waals surface area contributed by atoms with Gasteiger partial charge in [-0.3, -0.25) is 19.8 Å². The summed E-state index contributed by atoms with van der Waals surface area (Å²) in [4.78, 5) is 27.7. The van der Waals surface area contributed by atoms with E-state index in [0.29, 0.717) is 24.4 Å². The normalized spacial score (nSPS) is 15.5. The molecule has 0 bridgehead atoms. The van der Waals surface area contributed by atoms with E-state index in [2.05, 4.69) is 21.2 Å². The largest absolute Gasteiger partial charge is 0.495 e. The number of nitrogens with zero attached hydrogens (tertiary/aromatic N) is 4. The highest BCUT2D eigenvalue weighted by molar-refractivity contribution is 5.96. The highest BCUT2D eigenvalue weighted by atomic mass is 16.6. The number of rotatable bonds is 6. The maximum absolute atomic E-state index is 12.9. The fourth-order valence-electron chi connectivity index (χ4n) is 3.72. The van der Waals surface area contributed by atoms with Gasteiger partial charge in [0.2, 0.25) is 5.91 Å². The van der Waals surface area contributed by atoms with Crippen molar-refractivity contribution >= 4 is 23.0 Å². The first-order valence-corrected chi connectivity index (χ1v) is 10.1. The molecule has 2 aromatic carbocycles. The van der Waals surface area contributed by atoms with E-state index < -0.39 is 11.0 Å². The summed E-state index contributed by atoms with van der Waals surface area (Å²) in [7, 11) is 1.45. The number of hydrogen-bond acceptors (Lipinski definition) is 7. The maximum Gasteiger partial charge on any atom is 0.271 e. The van der Waals surface area contributed by atoms with Gasteiger partial charge < -0.3 is 15.0 Å². The molecule has 0 radical (unpaired) electrons. The third-order valence-corrected chi connectivity index (χ3v) is 5.47. The second kappa shape index (κ2) is 9.91. The molecule has 0 spiro atoms. The zero-order chi connectivity index (χ0) is 22.4. The standard InChI is InChI=1S/C22H25N5O4/c1-16(22(28)24-19-14-18(27(29)30)8-9-21(19)31-2)25-10-5-11-26(13-12-25)20-7-4-3-6-17(20)15-23/h3-4,6-9,14,16H,5,10-13H2,1-2H3,(H,24,28). The van der Waals surface area contributed by atoms with E-state index in [4.69, 9.17) is 4.74 Å². The number of nitriles is 1. The van der Waals surface area contributed by atoms with Gasteiger partial charge in [0.1, 0.15) is 11.8 Å². The van der Waals surface area contributed by atoms with Crippen molar-refractivity contribution < 1.29 is 14.5 Å². The van der Waals surface area contributed by atoms with Crippen molar-refractivity contribution in [3.05, 3.63) is 58.1 Å². The summed E-state index contributed by atoms with van der Waals surface area (Å²) in [6.07, 6.45) is 0.845. The van der Waals surface area contributed by atoms with Crippen molar-refractivity contribution in [1.29, 1.82) is 5.26 Å². The van der Waals surface area contributed by atoms with Crippen LogP contribution in [-0.2, 0) is 4.79 Å². The van der Waals surface area contributed by atoms with Gasteiger partial charge >= 0.3 is 0 Å². The number of amides is 1. The summed E-state index contributed by atoms with van der Waals surface area (Å²) in [5.41, 5.74) is 1.70. The maximum atomic E-state index is 12.9. The van der Waals surface area contributed by atoms with Gasteiger partial charge in [-0.1, -0.05) is 12.1 Å². The average molecular weight is 423 g/mol. The Kier molecular flexibility index (Phi) is 7.05. The zero-order valence-electron chi connectivity index (χ0n) is 17.6. The van der Waals surface area contributed by atoms with Gasteiger partial charge in [0.15, 0.2) is 0 Å². The molecule has 9 heteroatoms. The molecular weight excluding hydrogens is 398 g/mol. The van der Waals surface area contributed by atoms with Gasteiger partial charge in [-0.25, -0.2) is 0 Å². The minimum absolute atomic E-state index is 0.120. The summed E-state index contributed by atoms with van der Waals surface area (Å²) in [5.74, 6) is 0.103. The van der Waals surface area contributed by atoms with Gasteiger partial charge in [-0.15, -0.1) is 0 Å². The smallest absolute Gasteiger partial charge is 0.271 e. The Morgan fingerprint density at radius 3 is 2.71 bits per heavy atom. The lowest BCUT2D eigenvalue weighted by atomic mass is 10.1. The average Bonchev–Trinajstić information content (AvgIpc) is 3.04. The first-order chi connectivity index (χ1) is 14.9. The Labute approximate surface area is 181 Å². The number of hydrogen-bond donors (Lipinski definition) is 1. The van der Waals surface area contributed by atoms with Crippen LogP contribution in [0.5, 0.6) is 5.75 Å². The Morgan fingerprint density at radius 2 is 2.00 bits per heavy atom. The van der Waals surface area contributed by atoms with Gasteiger partial charge in [0.05, 0.1) is 35.0 Å². The molecule has 1 atom stereocenters. The van der Waals surface area contributed by atoms with E-state index in [1.807, 2.05) is 25.1 Å². The first kappa shape index (κ1) is 22.1.